The van der Waals surface area contributed by atoms with Gasteiger partial charge in [-0.15, -0.1) is 11.3 Å². The van der Waals surface area contributed by atoms with E-state index in [-0.39, 0.29) is 6.54 Å². The Labute approximate surface area is 176 Å². The van der Waals surface area contributed by atoms with Crippen molar-refractivity contribution in [3.8, 4) is 11.1 Å². The van der Waals surface area contributed by atoms with Crippen molar-refractivity contribution in [3.05, 3.63) is 70.8 Å². The number of nitrogens with one attached hydrogen (secondary N) is 2. The lowest BCUT2D eigenvalue weighted by molar-refractivity contribution is -0.135. The van der Waals surface area contributed by atoms with E-state index in [0.717, 1.165) is 32.0 Å². The molecule has 6 nitrogen and oxygen atoms in total. The first-order valence-corrected chi connectivity index (χ1v) is 10.1. The second-order valence-electron chi connectivity index (χ2n) is 6.27. The summed E-state index contributed by atoms with van der Waals surface area (Å²) in [7, 11) is 0. The number of rotatable bonds is 7. The number of hydrogen-bond acceptors (Lipinski definition) is 6. The van der Waals surface area contributed by atoms with Gasteiger partial charge in [0.1, 0.15) is 10.5 Å². The number of carbonyl (C=O) groups is 1. The summed E-state index contributed by atoms with van der Waals surface area (Å²) in [4.78, 5) is 19.7. The maximum absolute atomic E-state index is 10.7. The summed E-state index contributed by atoms with van der Waals surface area (Å²) in [6, 6.07) is 17.7. The molecule has 8 heteroatoms. The van der Waals surface area contributed by atoms with Crippen molar-refractivity contribution < 1.29 is 9.90 Å². The maximum Gasteiger partial charge on any atom is 0.317 e. The van der Waals surface area contributed by atoms with Crippen LogP contribution in [0.5, 0.6) is 0 Å². The van der Waals surface area contributed by atoms with Crippen LogP contribution in [-0.2, 0) is 11.3 Å². The lowest BCUT2D eigenvalue weighted by Crippen LogP contribution is -2.21. The Hall–Kier alpha value is -3.00. The molecule has 0 saturated heterocycles. The third-order valence-electron chi connectivity index (χ3n) is 4.24. The lowest BCUT2D eigenvalue weighted by atomic mass is 10.1. The van der Waals surface area contributed by atoms with E-state index in [0.29, 0.717) is 17.4 Å². The number of hydrogen-bond donors (Lipinski definition) is 3. The summed E-state index contributed by atoms with van der Waals surface area (Å²) in [5.41, 5.74) is 3.44. The summed E-state index contributed by atoms with van der Waals surface area (Å²) in [5.74, 6) is -0.293. The number of benzene rings is 2. The van der Waals surface area contributed by atoms with Gasteiger partial charge >= 0.3 is 5.97 Å². The first kappa shape index (κ1) is 19.3. The van der Waals surface area contributed by atoms with E-state index in [9.17, 15) is 4.79 Å². The number of halogens is 1. The minimum absolute atomic E-state index is 0.110. The van der Waals surface area contributed by atoms with Crippen molar-refractivity contribution in [2.45, 2.75) is 6.54 Å². The summed E-state index contributed by atoms with van der Waals surface area (Å²) >= 11 is 8.17. The quantitative estimate of drug-likeness (QED) is 0.390. The van der Waals surface area contributed by atoms with Crippen molar-refractivity contribution in [1.82, 2.24) is 15.3 Å². The van der Waals surface area contributed by atoms with Crippen LogP contribution in [-0.4, -0.2) is 27.6 Å². The molecule has 0 atom stereocenters. The average Bonchev–Trinajstić information content (AvgIpc) is 3.14. The molecule has 0 aliphatic rings. The van der Waals surface area contributed by atoms with E-state index in [1.54, 1.807) is 6.20 Å². The number of aliphatic carboxylic acids is 1. The van der Waals surface area contributed by atoms with Gasteiger partial charge in [-0.25, -0.2) is 9.97 Å². The molecule has 0 fully saturated rings. The van der Waals surface area contributed by atoms with Gasteiger partial charge in [0.25, 0.3) is 0 Å². The molecule has 2 aromatic carbocycles. The van der Waals surface area contributed by atoms with Crippen molar-refractivity contribution in [3.63, 3.8) is 0 Å². The smallest absolute Gasteiger partial charge is 0.317 e. The maximum atomic E-state index is 10.7. The van der Waals surface area contributed by atoms with Gasteiger partial charge in [0.2, 0.25) is 0 Å². The molecule has 2 heterocycles. The van der Waals surface area contributed by atoms with Gasteiger partial charge < -0.3 is 15.7 Å². The Kier molecular flexibility index (Phi) is 5.71. The number of carboxylic acids is 1. The van der Waals surface area contributed by atoms with Crippen LogP contribution in [0.1, 0.15) is 5.01 Å². The monoisotopic (exact) mass is 424 g/mol. The number of anilines is 2. The Bertz CT molecular complexity index is 1160. The predicted molar refractivity (Wildman–Crippen MR) is 117 cm³/mol. The molecule has 0 aliphatic carbocycles. The van der Waals surface area contributed by atoms with Crippen LogP contribution in [0.15, 0.2) is 60.8 Å². The molecule has 0 spiro atoms. The minimum atomic E-state index is -0.900. The van der Waals surface area contributed by atoms with E-state index >= 15 is 0 Å². The molecule has 29 heavy (non-hydrogen) atoms. The van der Waals surface area contributed by atoms with Crippen LogP contribution >= 0.6 is 22.9 Å². The average molecular weight is 425 g/mol. The highest BCUT2D eigenvalue weighted by molar-refractivity contribution is 7.18. The zero-order valence-electron chi connectivity index (χ0n) is 15.2. The van der Waals surface area contributed by atoms with Crippen LogP contribution < -0.4 is 10.6 Å². The van der Waals surface area contributed by atoms with Gasteiger partial charge in [-0.2, -0.15) is 0 Å². The Morgan fingerprint density at radius 3 is 2.72 bits per heavy atom. The van der Waals surface area contributed by atoms with Crippen LogP contribution in [0.3, 0.4) is 0 Å². The van der Waals surface area contributed by atoms with Gasteiger partial charge in [-0.1, -0.05) is 54.1 Å². The molecule has 0 unspecified atom stereocenters. The summed E-state index contributed by atoms with van der Waals surface area (Å²) in [6.07, 6.45) is 1.71. The predicted octanol–water partition coefficient (Wildman–Crippen LogP) is 4.93. The highest BCUT2D eigenvalue weighted by Crippen LogP contribution is 2.36. The molecular formula is C21H17ClN4O2S. The van der Waals surface area contributed by atoms with Gasteiger partial charge in [-0.3, -0.25) is 4.79 Å². The Morgan fingerprint density at radius 2 is 1.93 bits per heavy atom. The number of pyridine rings is 1. The molecule has 0 aliphatic heterocycles. The molecule has 0 amide bonds. The van der Waals surface area contributed by atoms with Crippen LogP contribution in [0.25, 0.3) is 21.3 Å². The molecule has 146 valence electrons. The van der Waals surface area contributed by atoms with E-state index in [2.05, 4.69) is 20.6 Å². The molecular weight excluding hydrogens is 408 g/mol. The van der Waals surface area contributed by atoms with Gasteiger partial charge in [-0.05, 0) is 17.7 Å². The zero-order chi connectivity index (χ0) is 20.2. The van der Waals surface area contributed by atoms with Gasteiger partial charge in [0.05, 0.1) is 22.0 Å². The number of aromatic nitrogens is 2. The van der Waals surface area contributed by atoms with Crippen LogP contribution in [0.4, 0.5) is 11.5 Å². The summed E-state index contributed by atoms with van der Waals surface area (Å²) in [5, 5.41) is 16.3. The standard InChI is InChI=1S/C21H17ClN4O2S/c22-19-14(13-5-2-1-3-6-13)7-4-8-15(19)25-21-20-16(9-10-24-21)29-17(26-20)11-23-12-18(27)28/h1-10,23H,11-12H2,(H,24,25)(H,27,28). The van der Waals surface area contributed by atoms with E-state index in [1.165, 1.54) is 11.3 Å². The second-order valence-corrected chi connectivity index (χ2v) is 7.76. The fourth-order valence-electron chi connectivity index (χ4n) is 2.94. The number of fused-ring (bicyclic) bond motifs is 1. The van der Waals surface area contributed by atoms with E-state index < -0.39 is 5.97 Å². The van der Waals surface area contributed by atoms with Crippen LogP contribution in [0, 0.1) is 0 Å². The molecule has 0 bridgehead atoms. The van der Waals surface area contributed by atoms with Crippen molar-refractivity contribution in [2.75, 3.05) is 11.9 Å². The van der Waals surface area contributed by atoms with E-state index in [4.69, 9.17) is 16.7 Å². The number of carboxylic acid groups (broad SMARTS) is 1. The van der Waals surface area contributed by atoms with Crippen molar-refractivity contribution >= 4 is 50.6 Å². The highest BCUT2D eigenvalue weighted by Gasteiger charge is 2.13. The first-order valence-electron chi connectivity index (χ1n) is 8.89. The minimum Gasteiger partial charge on any atom is -0.480 e. The van der Waals surface area contributed by atoms with E-state index in [1.807, 2.05) is 54.6 Å². The van der Waals surface area contributed by atoms with Gasteiger partial charge in [0, 0.05) is 18.3 Å². The fraction of sp³-hybridized carbons (Fsp3) is 0.0952. The first-order chi connectivity index (χ1) is 14.1. The molecule has 4 aromatic rings. The largest absolute Gasteiger partial charge is 0.480 e. The van der Waals surface area contributed by atoms with Crippen LogP contribution in [0.2, 0.25) is 5.02 Å². The SMILES string of the molecule is O=C(O)CNCc1nc2c(Nc3cccc(-c4ccccc4)c3Cl)nccc2s1. The zero-order valence-corrected chi connectivity index (χ0v) is 16.8. The molecule has 0 radical (unpaired) electrons. The number of thiazole rings is 1. The topological polar surface area (TPSA) is 87.1 Å². The molecule has 2 aromatic heterocycles. The third kappa shape index (κ3) is 4.37. The highest BCUT2D eigenvalue weighted by atomic mass is 35.5. The normalized spacial score (nSPS) is 10.9. The molecule has 4 rings (SSSR count). The summed E-state index contributed by atoms with van der Waals surface area (Å²) < 4.78 is 0.963. The number of nitrogens with zero attached hydrogens (tertiary/aromatic N) is 2. The Balaban J connectivity index is 1.63. The summed E-state index contributed by atoms with van der Waals surface area (Å²) in [6.45, 7) is 0.274. The fourth-order valence-corrected chi connectivity index (χ4v) is 4.16. The van der Waals surface area contributed by atoms with Gasteiger partial charge in [0.15, 0.2) is 5.82 Å². The second kappa shape index (κ2) is 8.57. The lowest BCUT2D eigenvalue weighted by Gasteiger charge is -2.12. The molecule has 3 N–H and O–H groups in total. The Morgan fingerprint density at radius 1 is 1.10 bits per heavy atom. The van der Waals surface area contributed by atoms with Crippen molar-refractivity contribution in [1.29, 1.82) is 0 Å². The third-order valence-corrected chi connectivity index (χ3v) is 5.67. The molecule has 0 saturated carbocycles. The van der Waals surface area contributed by atoms with Crippen molar-refractivity contribution in [2.24, 2.45) is 0 Å².